The van der Waals surface area contributed by atoms with Crippen LogP contribution in [0.5, 0.6) is 17.2 Å². The van der Waals surface area contributed by atoms with Crippen molar-refractivity contribution in [3.8, 4) is 17.2 Å². The molecule has 3 rings (SSSR count). The Kier molecular flexibility index (Phi) is 4.92. The zero-order chi connectivity index (χ0) is 17.2. The van der Waals surface area contributed by atoms with Crippen molar-refractivity contribution in [3.63, 3.8) is 0 Å². The van der Waals surface area contributed by atoms with Crippen LogP contribution in [0.4, 0.5) is 13.2 Å². The van der Waals surface area contributed by atoms with E-state index in [2.05, 4.69) is 10.8 Å². The lowest BCUT2D eigenvalue weighted by Gasteiger charge is -2.28. The summed E-state index contributed by atoms with van der Waals surface area (Å²) in [6, 6.07) is 3.13. The summed E-state index contributed by atoms with van der Waals surface area (Å²) in [7, 11) is 0. The molecule has 132 valence electrons. The van der Waals surface area contributed by atoms with Crippen LogP contribution in [0.25, 0.3) is 0 Å². The Balaban J connectivity index is 1.74. The maximum atomic E-state index is 12.7. The molecule has 0 heterocycles. The molecule has 3 nitrogen and oxygen atoms in total. The minimum absolute atomic E-state index is 0.0340. The third kappa shape index (κ3) is 4.58. The summed E-state index contributed by atoms with van der Waals surface area (Å²) in [6.07, 6.45) is 4.33. The number of halogens is 3. The van der Waals surface area contributed by atoms with Gasteiger partial charge in [0, 0.05) is 5.56 Å². The van der Waals surface area contributed by atoms with Gasteiger partial charge in [-0.05, 0) is 57.1 Å². The van der Waals surface area contributed by atoms with E-state index in [-0.39, 0.29) is 17.6 Å². The zero-order valence-corrected chi connectivity index (χ0v) is 13.6. The normalized spacial score (nSPS) is 18.5. The number of hydrogen-bond acceptors (Lipinski definition) is 3. The molecule has 0 unspecified atom stereocenters. The van der Waals surface area contributed by atoms with E-state index >= 15 is 0 Å². The first-order valence-corrected chi connectivity index (χ1v) is 8.28. The Morgan fingerprint density at radius 2 is 1.83 bits per heavy atom. The second kappa shape index (κ2) is 6.95. The van der Waals surface area contributed by atoms with E-state index in [1.807, 2.05) is 6.08 Å². The molecule has 0 aromatic heterocycles. The van der Waals surface area contributed by atoms with Gasteiger partial charge in [0.2, 0.25) is 0 Å². The van der Waals surface area contributed by atoms with Crippen molar-refractivity contribution in [2.75, 3.05) is 6.61 Å². The molecule has 2 fully saturated rings. The second-order valence-electron chi connectivity index (χ2n) is 6.31. The number of alkyl halides is 3. The van der Waals surface area contributed by atoms with Gasteiger partial charge in [-0.15, -0.1) is 13.2 Å². The molecule has 0 bridgehead atoms. The molecule has 24 heavy (non-hydrogen) atoms. The van der Waals surface area contributed by atoms with Crippen LogP contribution in [-0.4, -0.2) is 19.1 Å². The van der Waals surface area contributed by atoms with Crippen LogP contribution in [0.1, 0.15) is 37.7 Å². The van der Waals surface area contributed by atoms with Crippen LogP contribution in [0.3, 0.4) is 0 Å². The fourth-order valence-electron chi connectivity index (χ4n) is 2.48. The number of hydrogen-bond donors (Lipinski definition) is 0. The molecular formula is C18H21F3O3. The van der Waals surface area contributed by atoms with Gasteiger partial charge in [-0.1, -0.05) is 12.2 Å². The number of rotatable bonds is 7. The molecule has 0 aliphatic heterocycles. The van der Waals surface area contributed by atoms with Crippen molar-refractivity contribution in [1.29, 1.82) is 0 Å². The maximum absolute atomic E-state index is 12.7. The minimum Gasteiger partial charge on any atom is -0.489 e. The Hall–Kier alpha value is -1.85. The highest BCUT2D eigenvalue weighted by Gasteiger charge is 2.34. The predicted octanol–water partition coefficient (Wildman–Crippen LogP) is 5.17. The Labute approximate surface area is 139 Å². The van der Waals surface area contributed by atoms with Crippen LogP contribution >= 0.6 is 0 Å². The average molecular weight is 342 g/mol. The van der Waals surface area contributed by atoms with Gasteiger partial charge in [-0.2, -0.15) is 0 Å². The van der Waals surface area contributed by atoms with Gasteiger partial charge in [0.1, 0.15) is 12.4 Å². The molecule has 0 spiro atoms. The molecule has 6 heteroatoms. The SMILES string of the molecule is Cc1c(OC/C=C/C2CC2)ccc(OC2CCC2)c1OC(F)(F)F. The van der Waals surface area contributed by atoms with E-state index in [9.17, 15) is 13.2 Å². The molecule has 2 aliphatic rings. The predicted molar refractivity (Wildman–Crippen MR) is 83.5 cm³/mol. The van der Waals surface area contributed by atoms with Crippen LogP contribution in [0.15, 0.2) is 24.3 Å². The van der Waals surface area contributed by atoms with Crippen molar-refractivity contribution in [1.82, 2.24) is 0 Å². The largest absolute Gasteiger partial charge is 0.573 e. The standard InChI is InChI=1S/C18H21F3O3/c1-12-15(22-11-3-4-13-7-8-13)9-10-16(23-14-5-2-6-14)17(12)24-18(19,20)21/h3-4,9-10,13-14H,2,5-8,11H2,1H3/b4-3+. The van der Waals surface area contributed by atoms with Gasteiger partial charge in [0.05, 0.1) is 6.10 Å². The molecule has 0 saturated heterocycles. The van der Waals surface area contributed by atoms with Crippen molar-refractivity contribution >= 4 is 0 Å². The second-order valence-corrected chi connectivity index (χ2v) is 6.31. The van der Waals surface area contributed by atoms with E-state index in [0.717, 1.165) is 19.3 Å². The summed E-state index contributed by atoms with van der Waals surface area (Å²) in [6.45, 7) is 1.88. The molecule has 1 aromatic carbocycles. The molecule has 0 radical (unpaired) electrons. The first-order valence-electron chi connectivity index (χ1n) is 8.28. The molecular weight excluding hydrogens is 321 g/mol. The van der Waals surface area contributed by atoms with Gasteiger partial charge in [0.25, 0.3) is 0 Å². The first-order chi connectivity index (χ1) is 11.4. The van der Waals surface area contributed by atoms with Gasteiger partial charge < -0.3 is 14.2 Å². The molecule has 0 atom stereocenters. The highest BCUT2D eigenvalue weighted by molar-refractivity contribution is 5.53. The van der Waals surface area contributed by atoms with Gasteiger partial charge in [-0.3, -0.25) is 0 Å². The van der Waals surface area contributed by atoms with Crippen molar-refractivity contribution in [2.45, 2.75) is 51.5 Å². The smallest absolute Gasteiger partial charge is 0.489 e. The summed E-state index contributed by atoms with van der Waals surface area (Å²) < 4.78 is 53.6. The monoisotopic (exact) mass is 342 g/mol. The van der Waals surface area contributed by atoms with E-state index in [1.54, 1.807) is 13.0 Å². The molecule has 0 N–H and O–H groups in total. The van der Waals surface area contributed by atoms with Crippen molar-refractivity contribution in [3.05, 3.63) is 29.8 Å². The third-order valence-electron chi connectivity index (χ3n) is 4.25. The summed E-state index contributed by atoms with van der Waals surface area (Å²) in [5, 5.41) is 0. The third-order valence-corrected chi connectivity index (χ3v) is 4.25. The van der Waals surface area contributed by atoms with Crippen LogP contribution in [0.2, 0.25) is 0 Å². The number of ether oxygens (including phenoxy) is 3. The van der Waals surface area contributed by atoms with E-state index in [4.69, 9.17) is 9.47 Å². The van der Waals surface area contributed by atoms with Gasteiger partial charge in [-0.25, -0.2) is 0 Å². The topological polar surface area (TPSA) is 27.7 Å². The summed E-state index contributed by atoms with van der Waals surface area (Å²) in [5.41, 5.74) is 0.295. The Morgan fingerprint density at radius 3 is 2.42 bits per heavy atom. The van der Waals surface area contributed by atoms with Crippen LogP contribution in [-0.2, 0) is 0 Å². The molecule has 0 amide bonds. The highest BCUT2D eigenvalue weighted by Crippen LogP contribution is 2.41. The number of benzene rings is 1. The lowest BCUT2D eigenvalue weighted by atomic mass is 9.96. The zero-order valence-electron chi connectivity index (χ0n) is 13.6. The van der Waals surface area contributed by atoms with Gasteiger partial charge >= 0.3 is 6.36 Å². The maximum Gasteiger partial charge on any atom is 0.573 e. The van der Waals surface area contributed by atoms with E-state index < -0.39 is 6.36 Å². The fourth-order valence-corrected chi connectivity index (χ4v) is 2.48. The quantitative estimate of drug-likeness (QED) is 0.640. The summed E-state index contributed by atoms with van der Waals surface area (Å²) in [4.78, 5) is 0. The van der Waals surface area contributed by atoms with E-state index in [0.29, 0.717) is 23.8 Å². The lowest BCUT2D eigenvalue weighted by Crippen LogP contribution is -2.26. The molecule has 2 aliphatic carbocycles. The van der Waals surface area contributed by atoms with Crippen molar-refractivity contribution < 1.29 is 27.4 Å². The number of allylic oxidation sites excluding steroid dienone is 1. The Morgan fingerprint density at radius 1 is 1.12 bits per heavy atom. The molecule has 1 aromatic rings. The lowest BCUT2D eigenvalue weighted by molar-refractivity contribution is -0.275. The van der Waals surface area contributed by atoms with Crippen LogP contribution in [0, 0.1) is 12.8 Å². The fraction of sp³-hybridized carbons (Fsp3) is 0.556. The average Bonchev–Trinajstić information content (AvgIpc) is 3.27. The summed E-state index contributed by atoms with van der Waals surface area (Å²) >= 11 is 0. The first kappa shape index (κ1) is 17.0. The van der Waals surface area contributed by atoms with Crippen molar-refractivity contribution in [2.24, 2.45) is 5.92 Å². The molecule has 2 saturated carbocycles. The van der Waals surface area contributed by atoms with E-state index in [1.165, 1.54) is 18.9 Å². The van der Waals surface area contributed by atoms with Gasteiger partial charge in [0.15, 0.2) is 11.5 Å². The Bertz CT molecular complexity index is 602. The van der Waals surface area contributed by atoms with Crippen LogP contribution < -0.4 is 14.2 Å². The summed E-state index contributed by atoms with van der Waals surface area (Å²) in [5.74, 6) is 0.821. The highest BCUT2D eigenvalue weighted by atomic mass is 19.4. The minimum atomic E-state index is -4.77.